The van der Waals surface area contributed by atoms with Gasteiger partial charge in [-0.2, -0.15) is 0 Å². The number of allylic oxidation sites excluding steroid dienone is 14. The van der Waals surface area contributed by atoms with Crippen molar-refractivity contribution in [2.24, 2.45) is 0 Å². The van der Waals surface area contributed by atoms with Crippen molar-refractivity contribution < 1.29 is 28.6 Å². The summed E-state index contributed by atoms with van der Waals surface area (Å²) < 4.78 is 16.8. The molecule has 6 heteroatoms. The number of carbonyl (C=O) groups excluding carboxylic acids is 3. The second kappa shape index (κ2) is 68.1. The zero-order valence-electron chi connectivity index (χ0n) is 53.1. The number of esters is 3. The molecule has 0 aliphatic carbocycles. The van der Waals surface area contributed by atoms with Crippen molar-refractivity contribution in [3.05, 3.63) is 85.1 Å². The van der Waals surface area contributed by atoms with Crippen LogP contribution >= 0.6 is 0 Å². The van der Waals surface area contributed by atoms with Gasteiger partial charge in [-0.25, -0.2) is 0 Å². The van der Waals surface area contributed by atoms with Crippen LogP contribution in [0.25, 0.3) is 0 Å². The molecule has 1 unspecified atom stereocenters. The molecule has 0 aliphatic rings. The first kappa shape index (κ1) is 76.6. The summed E-state index contributed by atoms with van der Waals surface area (Å²) in [6, 6.07) is 0. The van der Waals surface area contributed by atoms with Crippen LogP contribution in [0.4, 0.5) is 0 Å². The van der Waals surface area contributed by atoms with Crippen LogP contribution in [0.5, 0.6) is 0 Å². The highest BCUT2D eigenvalue weighted by Gasteiger charge is 2.19. The van der Waals surface area contributed by atoms with Crippen molar-refractivity contribution in [1.29, 1.82) is 0 Å². The van der Waals surface area contributed by atoms with E-state index >= 15 is 0 Å². The van der Waals surface area contributed by atoms with Gasteiger partial charge in [-0.15, -0.1) is 0 Å². The molecule has 6 nitrogen and oxygen atoms in total. The second-order valence-corrected chi connectivity index (χ2v) is 23.1. The van der Waals surface area contributed by atoms with E-state index in [-0.39, 0.29) is 37.5 Å². The Morgan fingerprint density at radius 2 is 0.487 bits per heavy atom. The molecule has 0 amide bonds. The number of ether oxygens (including phenoxy) is 3. The predicted molar refractivity (Wildman–Crippen MR) is 348 cm³/mol. The lowest BCUT2D eigenvalue weighted by molar-refractivity contribution is -0.167. The highest BCUT2D eigenvalue weighted by molar-refractivity contribution is 5.71. The summed E-state index contributed by atoms with van der Waals surface area (Å²) in [7, 11) is 0. The van der Waals surface area contributed by atoms with Gasteiger partial charge in [-0.1, -0.05) is 318 Å². The molecular formula is C74H130O6. The molecule has 1 atom stereocenters. The normalized spacial score (nSPS) is 12.6. The highest BCUT2D eigenvalue weighted by Crippen LogP contribution is 2.18. The van der Waals surface area contributed by atoms with Crippen molar-refractivity contribution in [2.75, 3.05) is 13.2 Å². The zero-order valence-corrected chi connectivity index (χ0v) is 53.1. The largest absolute Gasteiger partial charge is 0.462 e. The van der Waals surface area contributed by atoms with E-state index in [9.17, 15) is 14.4 Å². The molecule has 0 spiro atoms. The summed E-state index contributed by atoms with van der Waals surface area (Å²) in [5.74, 6) is -0.926. The minimum Gasteiger partial charge on any atom is -0.462 e. The van der Waals surface area contributed by atoms with Crippen LogP contribution in [0.2, 0.25) is 0 Å². The highest BCUT2D eigenvalue weighted by atomic mass is 16.6. The summed E-state index contributed by atoms with van der Waals surface area (Å²) in [5.41, 5.74) is 0. The van der Waals surface area contributed by atoms with Gasteiger partial charge < -0.3 is 14.2 Å². The Labute approximate surface area is 496 Å². The maximum absolute atomic E-state index is 12.9. The maximum Gasteiger partial charge on any atom is 0.306 e. The molecule has 0 aliphatic heterocycles. The van der Waals surface area contributed by atoms with Gasteiger partial charge in [0.2, 0.25) is 0 Å². The summed E-state index contributed by atoms with van der Waals surface area (Å²) in [5, 5.41) is 0. The topological polar surface area (TPSA) is 78.9 Å². The molecule has 0 bridgehead atoms. The van der Waals surface area contributed by atoms with Crippen molar-refractivity contribution in [3.8, 4) is 0 Å². The Balaban J connectivity index is 4.09. The van der Waals surface area contributed by atoms with Crippen molar-refractivity contribution >= 4 is 17.9 Å². The Bertz CT molecular complexity index is 1520. The van der Waals surface area contributed by atoms with Gasteiger partial charge in [0.15, 0.2) is 6.10 Å². The third-order valence-corrected chi connectivity index (χ3v) is 15.1. The third-order valence-electron chi connectivity index (χ3n) is 15.1. The first-order valence-electron chi connectivity index (χ1n) is 34.6. The van der Waals surface area contributed by atoms with Gasteiger partial charge in [0.25, 0.3) is 0 Å². The molecule has 0 aromatic carbocycles. The van der Waals surface area contributed by atoms with Gasteiger partial charge in [0.05, 0.1) is 0 Å². The Morgan fingerprint density at radius 1 is 0.263 bits per heavy atom. The monoisotopic (exact) mass is 1110 g/mol. The fraction of sp³-hybridized carbons (Fsp3) is 0.770. The van der Waals surface area contributed by atoms with E-state index in [0.717, 1.165) is 89.9 Å². The number of unbranched alkanes of at least 4 members (excludes halogenated alkanes) is 38. The number of hydrogen-bond donors (Lipinski definition) is 0. The van der Waals surface area contributed by atoms with Crippen LogP contribution in [0.3, 0.4) is 0 Å². The molecule has 0 radical (unpaired) electrons. The average Bonchev–Trinajstić information content (AvgIpc) is 3.46. The molecule has 0 fully saturated rings. The smallest absolute Gasteiger partial charge is 0.306 e. The van der Waals surface area contributed by atoms with E-state index in [2.05, 4.69) is 106 Å². The third kappa shape index (κ3) is 65.4. The molecule has 0 saturated heterocycles. The standard InChI is InChI=1S/C74H130O6/c1-4-7-10-13-16-19-21-23-25-27-29-31-32-33-34-35-36-37-38-39-40-41-42-44-45-47-49-51-53-55-58-61-64-67-73(76)79-70-71(69-78-72(75)66-63-60-57-18-15-12-9-6-3)80-74(77)68-65-62-59-56-54-52-50-48-46-43-30-28-26-24-22-20-17-14-11-8-5-2/h8,11,17,20,24,26-27,29-30,43,48,50,54,56,71H,4-7,9-10,12-16,18-19,21-23,25,28,31-42,44-47,49,51-53,55,57-70H2,1-3H3/b11-8-,20-17-,26-24-,29-27-,43-30-,50-48-,56-54-. The van der Waals surface area contributed by atoms with Crippen LogP contribution in [-0.2, 0) is 28.6 Å². The fourth-order valence-corrected chi connectivity index (χ4v) is 9.97. The first-order chi connectivity index (χ1) is 39.5. The van der Waals surface area contributed by atoms with E-state index in [1.54, 1.807) is 0 Å². The van der Waals surface area contributed by atoms with E-state index in [1.165, 1.54) is 212 Å². The van der Waals surface area contributed by atoms with Gasteiger partial charge >= 0.3 is 17.9 Å². The lowest BCUT2D eigenvalue weighted by Gasteiger charge is -2.18. The SMILES string of the molecule is CC/C=C\C/C=C\C/C=C\C/C=C\C/C=C\C/C=C\CCCCC(=O)OC(COC(=O)CCCCCCCCCC)COC(=O)CCCCCCCCCCCCCCCCCCCCCCC/C=C\CCCCCCCCCC. The van der Waals surface area contributed by atoms with Crippen molar-refractivity contribution in [1.82, 2.24) is 0 Å². The fourth-order valence-electron chi connectivity index (χ4n) is 9.97. The predicted octanol–water partition coefficient (Wildman–Crippen LogP) is 23.8. The quantitative estimate of drug-likeness (QED) is 0.0261. The Morgan fingerprint density at radius 3 is 0.800 bits per heavy atom. The second-order valence-electron chi connectivity index (χ2n) is 23.1. The minimum atomic E-state index is -0.797. The van der Waals surface area contributed by atoms with E-state index < -0.39 is 6.10 Å². The minimum absolute atomic E-state index is 0.0908. The summed E-state index contributed by atoms with van der Waals surface area (Å²) in [6.07, 6.45) is 90.8. The van der Waals surface area contributed by atoms with E-state index in [4.69, 9.17) is 14.2 Å². The molecule has 0 N–H and O–H groups in total. The molecule has 0 aromatic rings. The number of carbonyl (C=O) groups is 3. The first-order valence-corrected chi connectivity index (χ1v) is 34.6. The van der Waals surface area contributed by atoms with Crippen LogP contribution in [-0.4, -0.2) is 37.2 Å². The number of rotatable bonds is 63. The molecular weight excluding hydrogens is 985 g/mol. The van der Waals surface area contributed by atoms with Crippen LogP contribution in [0.1, 0.15) is 348 Å². The summed E-state index contributed by atoms with van der Waals surface area (Å²) in [6.45, 7) is 6.50. The zero-order chi connectivity index (χ0) is 57.8. The summed E-state index contributed by atoms with van der Waals surface area (Å²) in [4.78, 5) is 38.2. The Hall–Kier alpha value is -3.41. The molecule has 80 heavy (non-hydrogen) atoms. The lowest BCUT2D eigenvalue weighted by Crippen LogP contribution is -2.30. The molecule has 462 valence electrons. The van der Waals surface area contributed by atoms with Crippen LogP contribution in [0.15, 0.2) is 85.1 Å². The van der Waals surface area contributed by atoms with Crippen LogP contribution < -0.4 is 0 Å². The molecule has 0 aromatic heterocycles. The lowest BCUT2D eigenvalue weighted by atomic mass is 10.0. The molecule has 0 rings (SSSR count). The molecule has 0 heterocycles. The van der Waals surface area contributed by atoms with Gasteiger partial charge in [0.1, 0.15) is 13.2 Å². The van der Waals surface area contributed by atoms with Gasteiger partial charge in [-0.3, -0.25) is 14.4 Å². The summed E-state index contributed by atoms with van der Waals surface area (Å²) >= 11 is 0. The Kier molecular flexibility index (Phi) is 65.2. The van der Waals surface area contributed by atoms with Crippen molar-refractivity contribution in [2.45, 2.75) is 354 Å². The van der Waals surface area contributed by atoms with E-state index in [1.807, 2.05) is 0 Å². The number of hydrogen-bond acceptors (Lipinski definition) is 6. The van der Waals surface area contributed by atoms with Gasteiger partial charge in [-0.05, 0) is 96.3 Å². The van der Waals surface area contributed by atoms with Crippen molar-refractivity contribution in [3.63, 3.8) is 0 Å². The van der Waals surface area contributed by atoms with Gasteiger partial charge in [0, 0.05) is 19.3 Å². The maximum atomic E-state index is 12.9. The average molecular weight is 1120 g/mol. The van der Waals surface area contributed by atoms with Crippen LogP contribution in [0, 0.1) is 0 Å². The van der Waals surface area contributed by atoms with E-state index in [0.29, 0.717) is 19.3 Å². The molecule has 0 saturated carbocycles.